The van der Waals surface area contributed by atoms with Gasteiger partial charge in [-0.2, -0.15) is 0 Å². The molecule has 1 heterocycles. The van der Waals surface area contributed by atoms with Crippen molar-refractivity contribution in [2.75, 3.05) is 38.6 Å². The lowest BCUT2D eigenvalue weighted by Crippen LogP contribution is -2.46. The van der Waals surface area contributed by atoms with Crippen molar-refractivity contribution in [1.29, 1.82) is 0 Å². The van der Waals surface area contributed by atoms with E-state index in [9.17, 15) is 0 Å². The monoisotopic (exact) mass is 362 g/mol. The predicted molar refractivity (Wildman–Crippen MR) is 104 cm³/mol. The molecule has 2 nitrogen and oxygen atoms in total. The lowest BCUT2D eigenvalue weighted by molar-refractivity contribution is 0.127. The molecule has 2 aromatic carbocycles. The zero-order valence-electron chi connectivity index (χ0n) is 13.9. The topological polar surface area (TPSA) is 6.48 Å². The number of hydrogen-bond donors (Lipinski definition) is 0. The van der Waals surface area contributed by atoms with Crippen molar-refractivity contribution >= 4 is 23.2 Å². The van der Waals surface area contributed by atoms with Crippen LogP contribution >= 0.6 is 23.2 Å². The summed E-state index contributed by atoms with van der Waals surface area (Å²) in [5.41, 5.74) is 3.82. The van der Waals surface area contributed by atoms with Crippen LogP contribution in [0.15, 0.2) is 48.5 Å². The smallest absolute Gasteiger partial charge is 0.0406 e. The number of rotatable bonds is 6. The molecule has 2 aromatic rings. The summed E-state index contributed by atoms with van der Waals surface area (Å²) in [6.07, 6.45) is 1.09. The summed E-state index contributed by atoms with van der Waals surface area (Å²) in [5, 5.41) is 0.778. The van der Waals surface area contributed by atoms with E-state index < -0.39 is 0 Å². The van der Waals surface area contributed by atoms with Crippen LogP contribution in [0.3, 0.4) is 0 Å². The molecule has 4 heteroatoms. The van der Waals surface area contributed by atoms with Crippen molar-refractivity contribution in [1.82, 2.24) is 9.80 Å². The van der Waals surface area contributed by atoms with Gasteiger partial charge in [-0.05, 0) is 41.8 Å². The summed E-state index contributed by atoms with van der Waals surface area (Å²) in [7, 11) is 0. The average Bonchev–Trinajstić information content (AvgIpc) is 2.63. The fourth-order valence-corrected chi connectivity index (χ4v) is 3.40. The number of nitrogens with zero attached hydrogens (tertiary/aromatic N) is 2. The molecule has 3 rings (SSSR count). The first-order valence-corrected chi connectivity index (χ1v) is 9.51. The lowest BCUT2D eigenvalue weighted by Gasteiger charge is -2.34. The van der Waals surface area contributed by atoms with Gasteiger partial charge in [-0.25, -0.2) is 0 Å². The van der Waals surface area contributed by atoms with Crippen LogP contribution in [0.4, 0.5) is 0 Å². The molecule has 0 aromatic heterocycles. The zero-order valence-corrected chi connectivity index (χ0v) is 15.4. The number of piperazine rings is 1. The Balaban J connectivity index is 1.52. The Morgan fingerprint density at radius 2 is 1.29 bits per heavy atom. The van der Waals surface area contributed by atoms with Crippen molar-refractivity contribution in [2.45, 2.75) is 13.0 Å². The third-order valence-electron chi connectivity index (χ3n) is 4.61. The highest BCUT2D eigenvalue weighted by atomic mass is 35.5. The maximum Gasteiger partial charge on any atom is 0.0406 e. The van der Waals surface area contributed by atoms with Gasteiger partial charge in [-0.3, -0.25) is 4.90 Å². The Hall–Kier alpha value is -1.06. The summed E-state index contributed by atoms with van der Waals surface area (Å²) in [6.45, 7) is 6.75. The highest BCUT2D eigenvalue weighted by Crippen LogP contribution is 2.22. The maximum absolute atomic E-state index is 5.96. The molecule has 1 saturated heterocycles. The van der Waals surface area contributed by atoms with E-state index in [-0.39, 0.29) is 0 Å². The van der Waals surface area contributed by atoms with Crippen LogP contribution in [0.2, 0.25) is 5.02 Å². The van der Waals surface area contributed by atoms with Gasteiger partial charge in [0, 0.05) is 43.6 Å². The molecule has 0 bridgehead atoms. The van der Waals surface area contributed by atoms with Crippen molar-refractivity contribution in [3.05, 3.63) is 59.1 Å². The summed E-state index contributed by atoms with van der Waals surface area (Å²) in [6, 6.07) is 16.9. The van der Waals surface area contributed by atoms with Crippen molar-refractivity contribution in [3.63, 3.8) is 0 Å². The predicted octanol–water partition coefficient (Wildman–Crippen LogP) is 4.75. The molecular formula is C20H24Cl2N2. The second kappa shape index (κ2) is 8.87. The van der Waals surface area contributed by atoms with E-state index in [0.29, 0.717) is 0 Å². The largest absolute Gasteiger partial charge is 0.301 e. The molecule has 0 unspecified atom stereocenters. The summed E-state index contributed by atoms with van der Waals surface area (Å²) in [4.78, 5) is 5.05. The Morgan fingerprint density at radius 1 is 0.750 bits per heavy atom. The van der Waals surface area contributed by atoms with Gasteiger partial charge in [-0.15, -0.1) is 11.6 Å². The van der Waals surface area contributed by atoms with Crippen LogP contribution in [0.25, 0.3) is 11.1 Å². The molecule has 0 aliphatic carbocycles. The molecular weight excluding hydrogens is 339 g/mol. The SMILES string of the molecule is ClCCCN1CCN(Cc2ccc(-c3ccc(Cl)cc3)cc2)CC1. The van der Waals surface area contributed by atoms with E-state index in [1.165, 1.54) is 16.7 Å². The van der Waals surface area contributed by atoms with Crippen LogP contribution in [0.1, 0.15) is 12.0 Å². The fraction of sp³-hybridized carbons (Fsp3) is 0.400. The number of alkyl halides is 1. The molecule has 0 amide bonds. The van der Waals surface area contributed by atoms with Gasteiger partial charge in [-0.1, -0.05) is 48.0 Å². The first kappa shape index (κ1) is 17.8. The van der Waals surface area contributed by atoms with E-state index in [0.717, 1.165) is 56.6 Å². The Bertz CT molecular complexity index is 617. The first-order valence-electron chi connectivity index (χ1n) is 8.60. The molecule has 1 aliphatic rings. The lowest BCUT2D eigenvalue weighted by atomic mass is 10.0. The van der Waals surface area contributed by atoms with Crippen LogP contribution < -0.4 is 0 Å². The quantitative estimate of drug-likeness (QED) is 0.683. The minimum atomic E-state index is 0.764. The second-order valence-electron chi connectivity index (χ2n) is 6.36. The Morgan fingerprint density at radius 3 is 1.88 bits per heavy atom. The molecule has 0 radical (unpaired) electrons. The fourth-order valence-electron chi connectivity index (χ4n) is 3.16. The average molecular weight is 363 g/mol. The number of benzene rings is 2. The second-order valence-corrected chi connectivity index (χ2v) is 7.18. The highest BCUT2D eigenvalue weighted by molar-refractivity contribution is 6.30. The van der Waals surface area contributed by atoms with Gasteiger partial charge in [0.05, 0.1) is 0 Å². The minimum Gasteiger partial charge on any atom is -0.301 e. The molecule has 24 heavy (non-hydrogen) atoms. The van der Waals surface area contributed by atoms with E-state index in [1.807, 2.05) is 12.1 Å². The van der Waals surface area contributed by atoms with Gasteiger partial charge >= 0.3 is 0 Å². The molecule has 0 spiro atoms. The van der Waals surface area contributed by atoms with Gasteiger partial charge < -0.3 is 4.90 Å². The van der Waals surface area contributed by atoms with Crippen LogP contribution in [0, 0.1) is 0 Å². The van der Waals surface area contributed by atoms with E-state index >= 15 is 0 Å². The third-order valence-corrected chi connectivity index (χ3v) is 5.13. The van der Waals surface area contributed by atoms with Gasteiger partial charge in [0.2, 0.25) is 0 Å². The normalized spacial score (nSPS) is 16.4. The van der Waals surface area contributed by atoms with E-state index in [1.54, 1.807) is 0 Å². The first-order chi connectivity index (χ1) is 11.7. The molecule has 128 valence electrons. The van der Waals surface area contributed by atoms with Crippen LogP contribution in [-0.4, -0.2) is 48.4 Å². The number of halogens is 2. The van der Waals surface area contributed by atoms with Crippen molar-refractivity contribution in [3.8, 4) is 11.1 Å². The zero-order chi connectivity index (χ0) is 16.8. The van der Waals surface area contributed by atoms with Crippen molar-refractivity contribution < 1.29 is 0 Å². The molecule has 1 fully saturated rings. The standard InChI is InChI=1S/C20H24Cl2N2/c21-10-1-11-23-12-14-24(15-13-23)16-17-2-4-18(5-3-17)19-6-8-20(22)9-7-19/h2-9H,1,10-16H2. The van der Waals surface area contributed by atoms with Gasteiger partial charge in [0.1, 0.15) is 0 Å². The summed E-state index contributed by atoms with van der Waals surface area (Å²) < 4.78 is 0. The van der Waals surface area contributed by atoms with E-state index in [2.05, 4.69) is 46.2 Å². The van der Waals surface area contributed by atoms with Crippen LogP contribution in [0.5, 0.6) is 0 Å². The summed E-state index contributed by atoms with van der Waals surface area (Å²) >= 11 is 11.7. The molecule has 0 atom stereocenters. The maximum atomic E-state index is 5.96. The summed E-state index contributed by atoms with van der Waals surface area (Å²) in [5.74, 6) is 0.764. The molecule has 1 aliphatic heterocycles. The van der Waals surface area contributed by atoms with Crippen LogP contribution in [-0.2, 0) is 6.54 Å². The minimum absolute atomic E-state index is 0.764. The van der Waals surface area contributed by atoms with Crippen molar-refractivity contribution in [2.24, 2.45) is 0 Å². The number of hydrogen-bond acceptors (Lipinski definition) is 2. The highest BCUT2D eigenvalue weighted by Gasteiger charge is 2.16. The van der Waals surface area contributed by atoms with Gasteiger partial charge in [0.25, 0.3) is 0 Å². The molecule has 0 saturated carbocycles. The Labute approximate surface area is 155 Å². The third kappa shape index (κ3) is 4.97. The Kier molecular flexibility index (Phi) is 6.56. The van der Waals surface area contributed by atoms with Gasteiger partial charge in [0.15, 0.2) is 0 Å². The molecule has 0 N–H and O–H groups in total. The van der Waals surface area contributed by atoms with E-state index in [4.69, 9.17) is 23.2 Å².